The van der Waals surface area contributed by atoms with Crippen molar-refractivity contribution in [2.75, 3.05) is 13.7 Å². The van der Waals surface area contributed by atoms with Crippen LogP contribution in [0.3, 0.4) is 0 Å². The minimum atomic E-state index is -0.983. The van der Waals surface area contributed by atoms with E-state index in [0.29, 0.717) is 0 Å². The van der Waals surface area contributed by atoms with E-state index in [-0.39, 0.29) is 6.54 Å². The first-order chi connectivity index (χ1) is 7.32. The van der Waals surface area contributed by atoms with Crippen LogP contribution in [0.4, 0.5) is 0 Å². The lowest BCUT2D eigenvalue weighted by molar-refractivity contribution is -0.141. The van der Waals surface area contributed by atoms with Crippen LogP contribution in [-0.2, 0) is 19.1 Å². The van der Waals surface area contributed by atoms with Crippen LogP contribution >= 0.6 is 0 Å². The summed E-state index contributed by atoms with van der Waals surface area (Å²) in [6, 6.07) is 0. The normalized spacial score (nSPS) is 25.7. The van der Waals surface area contributed by atoms with Gasteiger partial charge in [0.15, 0.2) is 0 Å². The third-order valence-electron chi connectivity index (χ3n) is 3.01. The highest BCUT2D eigenvalue weighted by molar-refractivity contribution is 5.93. The van der Waals surface area contributed by atoms with Crippen LogP contribution < -0.4 is 5.32 Å². The van der Waals surface area contributed by atoms with Crippen molar-refractivity contribution in [3.8, 4) is 0 Å². The summed E-state index contributed by atoms with van der Waals surface area (Å²) in [4.78, 5) is 33.2. The molecule has 1 fully saturated rings. The van der Waals surface area contributed by atoms with Crippen LogP contribution in [0.2, 0.25) is 0 Å². The number of hydrogen-bond acceptors (Lipinski definition) is 4. The average molecular weight is 229 g/mol. The quantitative estimate of drug-likeness (QED) is 0.642. The van der Waals surface area contributed by atoms with E-state index in [9.17, 15) is 14.4 Å². The molecule has 0 unspecified atom stereocenters. The molecule has 90 valence electrons. The van der Waals surface area contributed by atoms with E-state index in [4.69, 9.17) is 5.11 Å². The van der Waals surface area contributed by atoms with Crippen molar-refractivity contribution >= 4 is 17.8 Å². The van der Waals surface area contributed by atoms with Crippen molar-refractivity contribution in [1.29, 1.82) is 0 Å². The fraction of sp³-hybridized carbons (Fsp3) is 0.700. The van der Waals surface area contributed by atoms with Crippen molar-refractivity contribution in [1.82, 2.24) is 5.32 Å². The number of amides is 1. The SMILES string of the molecule is COC(=O)CNC(=O)[C@H]1[C@@H](C(=O)O)C1(C)C. The molecule has 1 aliphatic rings. The summed E-state index contributed by atoms with van der Waals surface area (Å²) in [6.45, 7) is 3.20. The first-order valence-electron chi connectivity index (χ1n) is 4.89. The van der Waals surface area contributed by atoms with E-state index in [2.05, 4.69) is 10.1 Å². The Morgan fingerprint density at radius 2 is 1.88 bits per heavy atom. The van der Waals surface area contributed by atoms with Gasteiger partial charge in [-0.25, -0.2) is 0 Å². The van der Waals surface area contributed by atoms with Crippen LogP contribution in [0.15, 0.2) is 0 Å². The summed E-state index contributed by atoms with van der Waals surface area (Å²) in [5.74, 6) is -3.20. The molecule has 0 aliphatic heterocycles. The molecular weight excluding hydrogens is 214 g/mol. The molecule has 1 rings (SSSR count). The lowest BCUT2D eigenvalue weighted by atomic mass is 10.1. The first kappa shape index (κ1) is 12.5. The second-order valence-electron chi connectivity index (χ2n) is 4.41. The van der Waals surface area contributed by atoms with E-state index in [0.717, 1.165) is 0 Å². The Morgan fingerprint density at radius 1 is 1.31 bits per heavy atom. The second-order valence-corrected chi connectivity index (χ2v) is 4.41. The van der Waals surface area contributed by atoms with Gasteiger partial charge in [-0.2, -0.15) is 0 Å². The third-order valence-corrected chi connectivity index (χ3v) is 3.01. The number of aliphatic carboxylic acids is 1. The van der Waals surface area contributed by atoms with Crippen LogP contribution in [0.5, 0.6) is 0 Å². The Kier molecular flexibility index (Phi) is 3.21. The zero-order chi connectivity index (χ0) is 12.5. The Balaban J connectivity index is 2.51. The number of hydrogen-bond donors (Lipinski definition) is 2. The molecule has 0 radical (unpaired) electrons. The summed E-state index contributed by atoms with van der Waals surface area (Å²) < 4.78 is 4.36. The molecule has 0 bridgehead atoms. The van der Waals surface area contributed by atoms with Gasteiger partial charge in [0.1, 0.15) is 6.54 Å². The summed E-state index contributed by atoms with van der Waals surface area (Å²) in [7, 11) is 1.22. The lowest BCUT2D eigenvalue weighted by Crippen LogP contribution is -2.32. The number of carboxylic acids is 1. The first-order valence-corrected chi connectivity index (χ1v) is 4.89. The number of ether oxygens (including phenoxy) is 1. The maximum Gasteiger partial charge on any atom is 0.325 e. The standard InChI is InChI=1S/C10H15NO5/c1-10(2)6(7(10)9(14)15)8(13)11-4-5(12)16-3/h6-7H,4H2,1-3H3,(H,11,13)(H,14,15)/t6-,7+/m1/s1. The molecule has 0 saturated heterocycles. The van der Waals surface area contributed by atoms with E-state index < -0.39 is 35.1 Å². The smallest absolute Gasteiger partial charge is 0.325 e. The monoisotopic (exact) mass is 229 g/mol. The molecule has 0 aromatic carbocycles. The molecule has 2 N–H and O–H groups in total. The van der Waals surface area contributed by atoms with Crippen LogP contribution in [0.1, 0.15) is 13.8 Å². The van der Waals surface area contributed by atoms with Crippen LogP contribution in [0, 0.1) is 17.3 Å². The fourth-order valence-corrected chi connectivity index (χ4v) is 1.93. The van der Waals surface area contributed by atoms with Gasteiger partial charge in [0, 0.05) is 0 Å². The zero-order valence-electron chi connectivity index (χ0n) is 9.44. The van der Waals surface area contributed by atoms with E-state index in [1.165, 1.54) is 7.11 Å². The molecule has 0 spiro atoms. The highest BCUT2D eigenvalue weighted by atomic mass is 16.5. The summed E-state index contributed by atoms with van der Waals surface area (Å²) in [5.41, 5.74) is -0.550. The maximum atomic E-state index is 11.6. The van der Waals surface area contributed by atoms with Crippen molar-refractivity contribution in [3.05, 3.63) is 0 Å². The van der Waals surface area contributed by atoms with Gasteiger partial charge in [-0.05, 0) is 5.41 Å². The predicted molar refractivity (Wildman–Crippen MR) is 53.4 cm³/mol. The molecule has 16 heavy (non-hydrogen) atoms. The fourth-order valence-electron chi connectivity index (χ4n) is 1.93. The van der Waals surface area contributed by atoms with E-state index in [1.54, 1.807) is 13.8 Å². The Labute approximate surface area is 93.0 Å². The molecule has 2 atom stereocenters. The van der Waals surface area contributed by atoms with Gasteiger partial charge >= 0.3 is 11.9 Å². The Hall–Kier alpha value is -1.59. The number of esters is 1. The second kappa shape index (κ2) is 4.11. The third kappa shape index (κ3) is 2.15. The van der Waals surface area contributed by atoms with Crippen molar-refractivity contribution in [3.63, 3.8) is 0 Å². The van der Waals surface area contributed by atoms with Crippen LogP contribution in [0.25, 0.3) is 0 Å². The number of nitrogens with one attached hydrogen (secondary N) is 1. The number of carbonyl (C=O) groups is 3. The molecule has 0 aromatic heterocycles. The highest BCUT2D eigenvalue weighted by Crippen LogP contribution is 2.58. The summed E-state index contributed by atoms with van der Waals surface area (Å²) in [6.07, 6.45) is 0. The summed E-state index contributed by atoms with van der Waals surface area (Å²) in [5, 5.41) is 11.2. The number of carbonyl (C=O) groups excluding carboxylic acids is 2. The van der Waals surface area contributed by atoms with Crippen LogP contribution in [-0.4, -0.2) is 36.6 Å². The number of methoxy groups -OCH3 is 1. The van der Waals surface area contributed by atoms with E-state index in [1.807, 2.05) is 0 Å². The molecule has 0 heterocycles. The van der Waals surface area contributed by atoms with Gasteiger partial charge in [0.25, 0.3) is 0 Å². The van der Waals surface area contributed by atoms with Gasteiger partial charge in [-0.3, -0.25) is 14.4 Å². The largest absolute Gasteiger partial charge is 0.481 e. The Morgan fingerprint density at radius 3 is 2.25 bits per heavy atom. The molecule has 6 heteroatoms. The zero-order valence-corrected chi connectivity index (χ0v) is 9.44. The highest BCUT2D eigenvalue weighted by Gasteiger charge is 2.65. The number of rotatable bonds is 4. The van der Waals surface area contributed by atoms with Gasteiger partial charge in [0.2, 0.25) is 5.91 Å². The van der Waals surface area contributed by atoms with Crippen molar-refractivity contribution < 1.29 is 24.2 Å². The molecule has 1 saturated carbocycles. The van der Waals surface area contributed by atoms with Gasteiger partial charge in [0.05, 0.1) is 18.9 Å². The summed E-state index contributed by atoms with van der Waals surface area (Å²) >= 11 is 0. The minimum absolute atomic E-state index is 0.228. The molecule has 6 nitrogen and oxygen atoms in total. The van der Waals surface area contributed by atoms with Crippen molar-refractivity contribution in [2.45, 2.75) is 13.8 Å². The minimum Gasteiger partial charge on any atom is -0.481 e. The maximum absolute atomic E-state index is 11.6. The Bertz CT molecular complexity index is 336. The van der Waals surface area contributed by atoms with Gasteiger partial charge < -0.3 is 15.2 Å². The lowest BCUT2D eigenvalue weighted by Gasteiger charge is -2.04. The molecule has 0 aromatic rings. The average Bonchev–Trinajstić information content (AvgIpc) is 2.77. The van der Waals surface area contributed by atoms with Crippen molar-refractivity contribution in [2.24, 2.45) is 17.3 Å². The topological polar surface area (TPSA) is 92.7 Å². The van der Waals surface area contributed by atoms with Gasteiger partial charge in [-0.15, -0.1) is 0 Å². The molecular formula is C10H15NO5. The predicted octanol–water partition coefficient (Wildman–Crippen LogP) is -0.368. The molecule has 1 amide bonds. The number of carboxylic acid groups (broad SMARTS) is 1. The molecule has 1 aliphatic carbocycles. The van der Waals surface area contributed by atoms with Gasteiger partial charge in [-0.1, -0.05) is 13.8 Å². The van der Waals surface area contributed by atoms with E-state index >= 15 is 0 Å².